The summed E-state index contributed by atoms with van der Waals surface area (Å²) in [5.74, 6) is 0.390. The molecule has 3 nitrogen and oxygen atoms in total. The highest BCUT2D eigenvalue weighted by Crippen LogP contribution is 2.45. The van der Waals surface area contributed by atoms with Gasteiger partial charge < -0.3 is 15.2 Å². The Morgan fingerprint density at radius 2 is 1.89 bits per heavy atom. The molecule has 0 unspecified atom stereocenters. The van der Waals surface area contributed by atoms with Crippen molar-refractivity contribution in [2.75, 3.05) is 14.2 Å². The number of benzene rings is 1. The molecule has 0 bridgehead atoms. The molecule has 1 aromatic carbocycles. The smallest absolute Gasteiger partial charge is 0.267 e. The molecule has 1 aliphatic carbocycles. The molecule has 0 spiro atoms. The number of hydrogen-bond acceptors (Lipinski definition) is 3. The van der Waals surface area contributed by atoms with Gasteiger partial charge in [0, 0.05) is 5.54 Å². The van der Waals surface area contributed by atoms with Crippen molar-refractivity contribution in [3.63, 3.8) is 0 Å². The van der Waals surface area contributed by atoms with E-state index in [2.05, 4.69) is 0 Å². The summed E-state index contributed by atoms with van der Waals surface area (Å²) in [7, 11) is 2.78. The lowest BCUT2D eigenvalue weighted by atomic mass is 9.72. The van der Waals surface area contributed by atoms with E-state index in [1.54, 1.807) is 6.07 Å². The van der Waals surface area contributed by atoms with Gasteiger partial charge in [0.2, 0.25) is 0 Å². The first-order valence-electron chi connectivity index (χ1n) is 5.85. The Kier molecular flexibility index (Phi) is 3.43. The molecule has 1 aromatic rings. The maximum atomic E-state index is 13.0. The molecule has 2 rings (SSSR count). The third-order valence-electron chi connectivity index (χ3n) is 3.56. The fraction of sp³-hybridized carbons (Fsp3) is 0.538. The van der Waals surface area contributed by atoms with Gasteiger partial charge in [-0.2, -0.15) is 0 Å². The Morgan fingerprint density at radius 1 is 1.22 bits per heavy atom. The third kappa shape index (κ3) is 2.03. The molecule has 1 saturated carbocycles. The predicted molar refractivity (Wildman–Crippen MR) is 64.2 cm³/mol. The van der Waals surface area contributed by atoms with E-state index in [1.807, 2.05) is 0 Å². The summed E-state index contributed by atoms with van der Waals surface area (Å²) in [5, 5.41) is 0. The van der Waals surface area contributed by atoms with Crippen molar-refractivity contribution in [3.8, 4) is 11.5 Å². The first-order chi connectivity index (χ1) is 8.51. The quantitative estimate of drug-likeness (QED) is 0.901. The Morgan fingerprint density at radius 3 is 2.28 bits per heavy atom. The SMILES string of the molecule is COc1cc(C2(N)CCC2)cc(C(F)F)c1OC. The van der Waals surface area contributed by atoms with Crippen molar-refractivity contribution in [2.24, 2.45) is 5.73 Å². The molecule has 1 aliphatic rings. The molecule has 0 heterocycles. The van der Waals surface area contributed by atoms with Gasteiger partial charge in [0.05, 0.1) is 19.8 Å². The molecule has 0 atom stereocenters. The highest BCUT2D eigenvalue weighted by atomic mass is 19.3. The number of halogens is 2. The van der Waals surface area contributed by atoms with Gasteiger partial charge in [0.15, 0.2) is 11.5 Å². The molecule has 2 N–H and O–H groups in total. The van der Waals surface area contributed by atoms with E-state index in [-0.39, 0.29) is 11.3 Å². The van der Waals surface area contributed by atoms with Crippen molar-refractivity contribution < 1.29 is 18.3 Å². The summed E-state index contributed by atoms with van der Waals surface area (Å²) in [6.45, 7) is 0. The summed E-state index contributed by atoms with van der Waals surface area (Å²) in [5.41, 5.74) is 6.20. The van der Waals surface area contributed by atoms with Crippen LogP contribution in [0.3, 0.4) is 0 Å². The van der Waals surface area contributed by atoms with Crippen LogP contribution >= 0.6 is 0 Å². The molecule has 1 fully saturated rings. The molecule has 100 valence electrons. The molecule has 0 aromatic heterocycles. The molecule has 5 heteroatoms. The number of ether oxygens (including phenoxy) is 2. The Balaban J connectivity index is 2.53. The number of nitrogens with two attached hydrogens (primary N) is 1. The highest BCUT2D eigenvalue weighted by Gasteiger charge is 2.36. The second-order valence-corrected chi connectivity index (χ2v) is 4.61. The largest absolute Gasteiger partial charge is 0.493 e. The molecule has 18 heavy (non-hydrogen) atoms. The summed E-state index contributed by atoms with van der Waals surface area (Å²) >= 11 is 0. The van der Waals surface area contributed by atoms with E-state index in [4.69, 9.17) is 15.2 Å². The number of methoxy groups -OCH3 is 2. The van der Waals surface area contributed by atoms with Crippen LogP contribution in [0.4, 0.5) is 8.78 Å². The zero-order valence-corrected chi connectivity index (χ0v) is 10.5. The van der Waals surface area contributed by atoms with Crippen LogP contribution in [0.2, 0.25) is 0 Å². The molecule has 0 saturated heterocycles. The molecular formula is C13H17F2NO2. The van der Waals surface area contributed by atoms with Crippen LogP contribution in [0.1, 0.15) is 36.8 Å². The third-order valence-corrected chi connectivity index (χ3v) is 3.56. The predicted octanol–water partition coefficient (Wildman–Crippen LogP) is 2.98. The van der Waals surface area contributed by atoms with Crippen molar-refractivity contribution in [1.29, 1.82) is 0 Å². The summed E-state index contributed by atoms with van der Waals surface area (Å²) < 4.78 is 36.2. The molecule has 0 amide bonds. The van der Waals surface area contributed by atoms with Crippen LogP contribution in [0.25, 0.3) is 0 Å². The zero-order chi connectivity index (χ0) is 13.3. The molecule has 0 aliphatic heterocycles. The number of hydrogen-bond donors (Lipinski definition) is 1. The Bertz CT molecular complexity index is 445. The Hall–Kier alpha value is -1.36. The average Bonchev–Trinajstić information content (AvgIpc) is 2.33. The first-order valence-corrected chi connectivity index (χ1v) is 5.85. The van der Waals surface area contributed by atoms with Crippen LogP contribution in [0.15, 0.2) is 12.1 Å². The summed E-state index contributed by atoms with van der Waals surface area (Å²) in [6.07, 6.45) is 0.0306. The maximum absolute atomic E-state index is 13.0. The van der Waals surface area contributed by atoms with Crippen LogP contribution < -0.4 is 15.2 Å². The second kappa shape index (κ2) is 4.72. The van der Waals surface area contributed by atoms with Gasteiger partial charge in [-0.3, -0.25) is 0 Å². The number of alkyl halides is 2. The van der Waals surface area contributed by atoms with E-state index in [1.165, 1.54) is 20.3 Å². The van der Waals surface area contributed by atoms with Gasteiger partial charge in [-0.1, -0.05) is 0 Å². The maximum Gasteiger partial charge on any atom is 0.267 e. The lowest BCUT2D eigenvalue weighted by Crippen LogP contribution is -2.43. The van der Waals surface area contributed by atoms with Crippen LogP contribution in [0, 0.1) is 0 Å². The van der Waals surface area contributed by atoms with Crippen LogP contribution in [-0.2, 0) is 5.54 Å². The van der Waals surface area contributed by atoms with Gasteiger partial charge in [-0.25, -0.2) is 8.78 Å². The minimum atomic E-state index is -2.61. The van der Waals surface area contributed by atoms with Crippen molar-refractivity contribution in [2.45, 2.75) is 31.2 Å². The fourth-order valence-corrected chi connectivity index (χ4v) is 2.29. The van der Waals surface area contributed by atoms with Crippen LogP contribution in [0.5, 0.6) is 11.5 Å². The summed E-state index contributed by atoms with van der Waals surface area (Å²) in [4.78, 5) is 0. The van der Waals surface area contributed by atoms with Gasteiger partial charge in [-0.15, -0.1) is 0 Å². The summed E-state index contributed by atoms with van der Waals surface area (Å²) in [6, 6.07) is 3.13. The molecule has 0 radical (unpaired) electrons. The van der Waals surface area contributed by atoms with Gasteiger partial charge in [0.1, 0.15) is 0 Å². The monoisotopic (exact) mass is 257 g/mol. The van der Waals surface area contributed by atoms with Crippen LogP contribution in [-0.4, -0.2) is 14.2 Å². The minimum absolute atomic E-state index is 0.0826. The second-order valence-electron chi connectivity index (χ2n) is 4.61. The van der Waals surface area contributed by atoms with Gasteiger partial charge in [0.25, 0.3) is 6.43 Å². The Labute approximate surface area is 105 Å². The highest BCUT2D eigenvalue weighted by molar-refractivity contribution is 5.52. The standard InChI is InChI=1S/C13H17F2NO2/c1-17-10-7-8(13(16)4-3-5-13)6-9(12(14)15)11(10)18-2/h6-7,12H,3-5,16H2,1-2H3. The minimum Gasteiger partial charge on any atom is -0.493 e. The van der Waals surface area contributed by atoms with E-state index in [9.17, 15) is 8.78 Å². The van der Waals surface area contributed by atoms with E-state index < -0.39 is 12.0 Å². The zero-order valence-electron chi connectivity index (χ0n) is 10.5. The van der Waals surface area contributed by atoms with Crippen molar-refractivity contribution >= 4 is 0 Å². The van der Waals surface area contributed by atoms with Gasteiger partial charge in [-0.05, 0) is 37.0 Å². The fourth-order valence-electron chi connectivity index (χ4n) is 2.29. The lowest BCUT2D eigenvalue weighted by molar-refractivity contribution is 0.145. The van der Waals surface area contributed by atoms with E-state index >= 15 is 0 Å². The van der Waals surface area contributed by atoms with Crippen molar-refractivity contribution in [3.05, 3.63) is 23.3 Å². The average molecular weight is 257 g/mol. The lowest BCUT2D eigenvalue weighted by Gasteiger charge is -2.39. The van der Waals surface area contributed by atoms with Crippen molar-refractivity contribution in [1.82, 2.24) is 0 Å². The number of rotatable bonds is 4. The van der Waals surface area contributed by atoms with E-state index in [0.717, 1.165) is 19.3 Å². The normalized spacial score (nSPS) is 17.4. The van der Waals surface area contributed by atoms with Gasteiger partial charge >= 0.3 is 0 Å². The molecular weight excluding hydrogens is 240 g/mol. The van der Waals surface area contributed by atoms with E-state index in [0.29, 0.717) is 11.3 Å². The topological polar surface area (TPSA) is 44.5 Å². The first kappa shape index (κ1) is 13.1.